The molecular weight excluding hydrogens is 276 g/mol. The first-order chi connectivity index (χ1) is 9.08. The van der Waals surface area contributed by atoms with Crippen molar-refractivity contribution in [3.8, 4) is 0 Å². The molecule has 1 aromatic heterocycles. The third-order valence-corrected chi connectivity index (χ3v) is 3.81. The first-order valence-corrected chi connectivity index (χ1v) is 7.13. The lowest BCUT2D eigenvalue weighted by atomic mass is 10.1. The minimum atomic E-state index is -0.0281. The van der Waals surface area contributed by atoms with Crippen LogP contribution in [0.5, 0.6) is 0 Å². The van der Waals surface area contributed by atoms with Crippen molar-refractivity contribution < 1.29 is 4.79 Å². The second-order valence-electron chi connectivity index (χ2n) is 5.42. The molecule has 1 aromatic rings. The molecule has 20 heavy (non-hydrogen) atoms. The van der Waals surface area contributed by atoms with E-state index in [2.05, 4.69) is 17.3 Å². The highest BCUT2D eigenvalue weighted by atomic mass is 35.5. The average Bonchev–Trinajstić information content (AvgIpc) is 3.15. The monoisotopic (exact) mass is 300 g/mol. The maximum Gasteiger partial charge on any atom is 0.255 e. The Morgan fingerprint density at radius 3 is 2.65 bits per heavy atom. The predicted octanol–water partition coefficient (Wildman–Crippen LogP) is 1.80. The SMILES string of the molecule is CCCn1nc(C)c(C(=O)NC(CN)C2CC2)c1C.Cl. The second kappa shape index (κ2) is 7.09. The van der Waals surface area contributed by atoms with Gasteiger partial charge in [-0.1, -0.05) is 6.92 Å². The van der Waals surface area contributed by atoms with Gasteiger partial charge in [-0.2, -0.15) is 5.10 Å². The minimum Gasteiger partial charge on any atom is -0.348 e. The zero-order valence-corrected chi connectivity index (χ0v) is 13.3. The van der Waals surface area contributed by atoms with E-state index in [1.54, 1.807) is 0 Å². The molecule has 1 heterocycles. The number of amides is 1. The van der Waals surface area contributed by atoms with E-state index in [0.29, 0.717) is 18.0 Å². The first-order valence-electron chi connectivity index (χ1n) is 7.13. The molecule has 1 unspecified atom stereocenters. The zero-order chi connectivity index (χ0) is 14.0. The molecule has 0 aliphatic heterocycles. The van der Waals surface area contributed by atoms with Crippen molar-refractivity contribution in [3.63, 3.8) is 0 Å². The Hall–Kier alpha value is -1.07. The normalized spacial score (nSPS) is 15.6. The van der Waals surface area contributed by atoms with Crippen LogP contribution in [0, 0.1) is 19.8 Å². The van der Waals surface area contributed by atoms with Crippen LogP contribution in [0.3, 0.4) is 0 Å². The molecule has 0 spiro atoms. The Balaban J connectivity index is 0.00000200. The molecule has 2 rings (SSSR count). The molecule has 1 amide bonds. The number of carbonyl (C=O) groups is 1. The molecule has 0 saturated heterocycles. The molecule has 0 radical (unpaired) electrons. The molecule has 1 aliphatic rings. The maximum atomic E-state index is 12.4. The minimum absolute atomic E-state index is 0. The number of halogens is 1. The number of rotatable bonds is 6. The molecule has 6 heteroatoms. The summed E-state index contributed by atoms with van der Waals surface area (Å²) < 4.78 is 1.92. The quantitative estimate of drug-likeness (QED) is 0.841. The summed E-state index contributed by atoms with van der Waals surface area (Å²) in [6.45, 7) is 7.32. The summed E-state index contributed by atoms with van der Waals surface area (Å²) in [5, 5.41) is 7.50. The van der Waals surface area contributed by atoms with Gasteiger partial charge in [0.2, 0.25) is 0 Å². The molecule has 0 aromatic carbocycles. The molecule has 1 saturated carbocycles. The van der Waals surface area contributed by atoms with Crippen LogP contribution >= 0.6 is 12.4 Å². The summed E-state index contributed by atoms with van der Waals surface area (Å²) in [5.41, 5.74) is 8.20. The fraction of sp³-hybridized carbons (Fsp3) is 0.714. The van der Waals surface area contributed by atoms with Crippen LogP contribution in [-0.2, 0) is 6.54 Å². The van der Waals surface area contributed by atoms with Crippen molar-refractivity contribution in [1.29, 1.82) is 0 Å². The molecule has 1 atom stereocenters. The molecule has 5 nitrogen and oxygen atoms in total. The van der Waals surface area contributed by atoms with Gasteiger partial charge in [0.25, 0.3) is 5.91 Å². The lowest BCUT2D eigenvalue weighted by molar-refractivity contribution is 0.0932. The topological polar surface area (TPSA) is 72.9 Å². The van der Waals surface area contributed by atoms with Gasteiger partial charge in [-0.05, 0) is 39.0 Å². The van der Waals surface area contributed by atoms with Gasteiger partial charge in [0.05, 0.1) is 11.3 Å². The molecule has 0 bridgehead atoms. The zero-order valence-electron chi connectivity index (χ0n) is 12.5. The lowest BCUT2D eigenvalue weighted by Gasteiger charge is -2.16. The summed E-state index contributed by atoms with van der Waals surface area (Å²) in [5.74, 6) is 0.542. The number of nitrogens with one attached hydrogen (secondary N) is 1. The van der Waals surface area contributed by atoms with E-state index >= 15 is 0 Å². The van der Waals surface area contributed by atoms with Crippen molar-refractivity contribution in [2.45, 2.75) is 52.6 Å². The fourth-order valence-electron chi connectivity index (χ4n) is 2.56. The predicted molar refractivity (Wildman–Crippen MR) is 82.3 cm³/mol. The number of aryl methyl sites for hydroxylation is 2. The number of nitrogens with zero attached hydrogens (tertiary/aromatic N) is 2. The van der Waals surface area contributed by atoms with Crippen LogP contribution in [0.1, 0.15) is 47.9 Å². The summed E-state index contributed by atoms with van der Waals surface area (Å²) in [4.78, 5) is 12.4. The van der Waals surface area contributed by atoms with E-state index in [0.717, 1.165) is 24.4 Å². The van der Waals surface area contributed by atoms with Gasteiger partial charge in [-0.25, -0.2) is 0 Å². The Kier molecular flexibility index (Phi) is 6.02. The summed E-state index contributed by atoms with van der Waals surface area (Å²) in [7, 11) is 0. The van der Waals surface area contributed by atoms with Gasteiger partial charge in [0.15, 0.2) is 0 Å². The van der Waals surface area contributed by atoms with Gasteiger partial charge in [-0.15, -0.1) is 12.4 Å². The number of hydrogen-bond donors (Lipinski definition) is 2. The Morgan fingerprint density at radius 2 is 2.15 bits per heavy atom. The van der Waals surface area contributed by atoms with E-state index in [1.807, 2.05) is 18.5 Å². The number of carbonyl (C=O) groups excluding carboxylic acids is 1. The largest absolute Gasteiger partial charge is 0.348 e. The summed E-state index contributed by atoms with van der Waals surface area (Å²) >= 11 is 0. The highest BCUT2D eigenvalue weighted by molar-refractivity contribution is 5.96. The number of hydrogen-bond acceptors (Lipinski definition) is 3. The van der Waals surface area contributed by atoms with E-state index in [9.17, 15) is 4.79 Å². The Morgan fingerprint density at radius 1 is 1.50 bits per heavy atom. The molecule has 114 valence electrons. The van der Waals surface area contributed by atoms with Crippen molar-refractivity contribution in [1.82, 2.24) is 15.1 Å². The van der Waals surface area contributed by atoms with E-state index in [-0.39, 0.29) is 24.4 Å². The van der Waals surface area contributed by atoms with Crippen LogP contribution in [-0.4, -0.2) is 28.3 Å². The smallest absolute Gasteiger partial charge is 0.255 e. The summed E-state index contributed by atoms with van der Waals surface area (Å²) in [6, 6.07) is 0.112. The average molecular weight is 301 g/mol. The van der Waals surface area contributed by atoms with Crippen molar-refractivity contribution in [2.75, 3.05) is 6.54 Å². The van der Waals surface area contributed by atoms with Gasteiger partial charge >= 0.3 is 0 Å². The van der Waals surface area contributed by atoms with Crippen molar-refractivity contribution in [3.05, 3.63) is 17.0 Å². The highest BCUT2D eigenvalue weighted by Crippen LogP contribution is 2.32. The van der Waals surface area contributed by atoms with Crippen LogP contribution in [0.15, 0.2) is 0 Å². The molecule has 3 N–H and O–H groups in total. The number of nitrogens with two attached hydrogens (primary N) is 1. The maximum absolute atomic E-state index is 12.4. The van der Waals surface area contributed by atoms with Crippen LogP contribution in [0.4, 0.5) is 0 Å². The van der Waals surface area contributed by atoms with Crippen molar-refractivity contribution in [2.24, 2.45) is 11.7 Å². The van der Waals surface area contributed by atoms with Gasteiger partial charge in [0.1, 0.15) is 0 Å². The molecule has 1 fully saturated rings. The third-order valence-electron chi connectivity index (χ3n) is 3.81. The third kappa shape index (κ3) is 3.52. The van der Waals surface area contributed by atoms with Crippen LogP contribution in [0.25, 0.3) is 0 Å². The van der Waals surface area contributed by atoms with Crippen LogP contribution < -0.4 is 11.1 Å². The van der Waals surface area contributed by atoms with Gasteiger partial charge in [-0.3, -0.25) is 9.48 Å². The number of aromatic nitrogens is 2. The molecular formula is C14H25ClN4O. The standard InChI is InChI=1S/C14H24N4O.ClH/c1-4-7-18-10(3)13(9(2)17-18)14(19)16-12(8-15)11-5-6-11;/h11-12H,4-8,15H2,1-3H3,(H,16,19);1H. The second-order valence-corrected chi connectivity index (χ2v) is 5.42. The van der Waals surface area contributed by atoms with Gasteiger partial charge < -0.3 is 11.1 Å². The van der Waals surface area contributed by atoms with E-state index in [4.69, 9.17) is 5.73 Å². The van der Waals surface area contributed by atoms with E-state index < -0.39 is 0 Å². The van der Waals surface area contributed by atoms with E-state index in [1.165, 1.54) is 12.8 Å². The molecule has 1 aliphatic carbocycles. The fourth-order valence-corrected chi connectivity index (χ4v) is 2.56. The summed E-state index contributed by atoms with van der Waals surface area (Å²) in [6.07, 6.45) is 3.36. The Bertz CT molecular complexity index is 468. The highest BCUT2D eigenvalue weighted by Gasteiger charge is 2.32. The Labute approximate surface area is 126 Å². The first kappa shape index (κ1) is 17.0. The van der Waals surface area contributed by atoms with Crippen LogP contribution in [0.2, 0.25) is 0 Å². The van der Waals surface area contributed by atoms with Crippen molar-refractivity contribution >= 4 is 18.3 Å². The lowest BCUT2D eigenvalue weighted by Crippen LogP contribution is -2.42. The van der Waals surface area contributed by atoms with Gasteiger partial charge in [0, 0.05) is 24.8 Å².